The average molecular weight is 254 g/mol. The molecule has 2 aromatic rings. The summed E-state index contributed by atoms with van der Waals surface area (Å²) in [6, 6.07) is 18.5. The largest absolute Gasteiger partial charge is 0.385 e. The molecular formula is C18H22O. The van der Waals surface area contributed by atoms with E-state index < -0.39 is 5.60 Å². The Morgan fingerprint density at radius 1 is 0.895 bits per heavy atom. The zero-order valence-corrected chi connectivity index (χ0v) is 11.9. The van der Waals surface area contributed by atoms with Crippen LogP contribution in [0.3, 0.4) is 0 Å². The molecular weight excluding hydrogens is 232 g/mol. The second kappa shape index (κ2) is 5.58. The SMILES string of the molecule is CC(C)CC(C)(O)c1ccc(-c2ccccc2)cc1. The van der Waals surface area contributed by atoms with E-state index in [2.05, 4.69) is 38.1 Å². The lowest BCUT2D eigenvalue weighted by Crippen LogP contribution is -2.23. The zero-order valence-electron chi connectivity index (χ0n) is 11.9. The van der Waals surface area contributed by atoms with Crippen molar-refractivity contribution in [1.82, 2.24) is 0 Å². The van der Waals surface area contributed by atoms with Crippen LogP contribution in [0.2, 0.25) is 0 Å². The van der Waals surface area contributed by atoms with Crippen LogP contribution in [0.1, 0.15) is 32.8 Å². The number of hydrogen-bond donors (Lipinski definition) is 1. The van der Waals surface area contributed by atoms with Crippen molar-refractivity contribution in [1.29, 1.82) is 0 Å². The molecule has 0 radical (unpaired) electrons. The molecule has 1 N–H and O–H groups in total. The summed E-state index contributed by atoms with van der Waals surface area (Å²) in [6.07, 6.45) is 0.775. The third kappa shape index (κ3) is 3.45. The summed E-state index contributed by atoms with van der Waals surface area (Å²) in [7, 11) is 0. The fourth-order valence-corrected chi connectivity index (χ4v) is 2.57. The van der Waals surface area contributed by atoms with Crippen molar-refractivity contribution in [2.75, 3.05) is 0 Å². The van der Waals surface area contributed by atoms with E-state index in [4.69, 9.17) is 0 Å². The van der Waals surface area contributed by atoms with Crippen LogP contribution in [-0.2, 0) is 5.60 Å². The van der Waals surface area contributed by atoms with Gasteiger partial charge in [-0.3, -0.25) is 0 Å². The smallest absolute Gasteiger partial charge is 0.0871 e. The first-order valence-electron chi connectivity index (χ1n) is 6.87. The minimum atomic E-state index is -0.747. The molecule has 0 aromatic heterocycles. The maximum absolute atomic E-state index is 10.5. The molecule has 19 heavy (non-hydrogen) atoms. The van der Waals surface area contributed by atoms with Gasteiger partial charge in [0.1, 0.15) is 0 Å². The molecule has 0 amide bonds. The van der Waals surface area contributed by atoms with E-state index in [1.165, 1.54) is 11.1 Å². The maximum Gasteiger partial charge on any atom is 0.0871 e. The fourth-order valence-electron chi connectivity index (χ4n) is 2.57. The van der Waals surface area contributed by atoms with Crippen molar-refractivity contribution in [2.24, 2.45) is 5.92 Å². The molecule has 1 atom stereocenters. The highest BCUT2D eigenvalue weighted by atomic mass is 16.3. The molecule has 1 nitrogen and oxygen atoms in total. The van der Waals surface area contributed by atoms with Gasteiger partial charge in [-0.2, -0.15) is 0 Å². The molecule has 0 aliphatic carbocycles. The van der Waals surface area contributed by atoms with Crippen LogP contribution < -0.4 is 0 Å². The molecule has 0 aliphatic heterocycles. The molecule has 2 rings (SSSR count). The molecule has 0 saturated carbocycles. The number of benzene rings is 2. The first-order chi connectivity index (χ1) is 8.99. The molecule has 0 bridgehead atoms. The van der Waals surface area contributed by atoms with Gasteiger partial charge in [0.2, 0.25) is 0 Å². The van der Waals surface area contributed by atoms with Crippen LogP contribution in [0, 0.1) is 5.92 Å². The minimum absolute atomic E-state index is 0.476. The lowest BCUT2D eigenvalue weighted by molar-refractivity contribution is 0.0349. The highest BCUT2D eigenvalue weighted by Gasteiger charge is 2.23. The van der Waals surface area contributed by atoms with E-state index in [0.29, 0.717) is 5.92 Å². The van der Waals surface area contributed by atoms with E-state index in [1.54, 1.807) is 0 Å². The Kier molecular flexibility index (Phi) is 4.06. The molecule has 1 unspecified atom stereocenters. The summed E-state index contributed by atoms with van der Waals surface area (Å²) in [5.41, 5.74) is 2.63. The van der Waals surface area contributed by atoms with Gasteiger partial charge in [0.25, 0.3) is 0 Å². The topological polar surface area (TPSA) is 20.2 Å². The number of hydrogen-bond acceptors (Lipinski definition) is 1. The monoisotopic (exact) mass is 254 g/mol. The van der Waals surface area contributed by atoms with Crippen molar-refractivity contribution in [3.8, 4) is 11.1 Å². The average Bonchev–Trinajstić information content (AvgIpc) is 2.38. The normalized spacial score (nSPS) is 14.4. The Hall–Kier alpha value is -1.60. The van der Waals surface area contributed by atoms with E-state index in [-0.39, 0.29) is 0 Å². The predicted molar refractivity (Wildman–Crippen MR) is 80.9 cm³/mol. The standard InChI is InChI=1S/C18H22O/c1-14(2)13-18(3,19)17-11-9-16(10-12-17)15-7-5-4-6-8-15/h4-12,14,19H,13H2,1-3H3. The lowest BCUT2D eigenvalue weighted by Gasteiger charge is -2.26. The second-order valence-electron chi connectivity index (χ2n) is 5.82. The van der Waals surface area contributed by atoms with Crippen molar-refractivity contribution in [3.63, 3.8) is 0 Å². The van der Waals surface area contributed by atoms with Gasteiger partial charge in [0, 0.05) is 0 Å². The highest BCUT2D eigenvalue weighted by Crippen LogP contribution is 2.29. The van der Waals surface area contributed by atoms with Gasteiger partial charge >= 0.3 is 0 Å². The van der Waals surface area contributed by atoms with Crippen LogP contribution in [0.25, 0.3) is 11.1 Å². The Morgan fingerprint density at radius 3 is 1.95 bits per heavy atom. The third-order valence-corrected chi connectivity index (χ3v) is 3.42. The number of aliphatic hydroxyl groups is 1. The summed E-state index contributed by atoms with van der Waals surface area (Å²) in [5.74, 6) is 0.476. The predicted octanol–water partition coefficient (Wildman–Crippen LogP) is 4.61. The van der Waals surface area contributed by atoms with Crippen molar-refractivity contribution >= 4 is 0 Å². The highest BCUT2D eigenvalue weighted by molar-refractivity contribution is 5.63. The van der Waals surface area contributed by atoms with Gasteiger partial charge in [-0.25, -0.2) is 0 Å². The van der Waals surface area contributed by atoms with Crippen LogP contribution >= 0.6 is 0 Å². The van der Waals surface area contributed by atoms with Gasteiger partial charge in [-0.05, 0) is 36.0 Å². The van der Waals surface area contributed by atoms with E-state index in [0.717, 1.165) is 12.0 Å². The molecule has 0 aliphatic rings. The van der Waals surface area contributed by atoms with Crippen LogP contribution in [-0.4, -0.2) is 5.11 Å². The summed E-state index contributed by atoms with van der Waals surface area (Å²) in [4.78, 5) is 0. The van der Waals surface area contributed by atoms with Crippen LogP contribution in [0.15, 0.2) is 54.6 Å². The molecule has 0 heterocycles. The fraction of sp³-hybridized carbons (Fsp3) is 0.333. The second-order valence-corrected chi connectivity index (χ2v) is 5.82. The molecule has 0 fully saturated rings. The van der Waals surface area contributed by atoms with E-state index in [1.807, 2.05) is 37.3 Å². The van der Waals surface area contributed by atoms with E-state index in [9.17, 15) is 5.11 Å². The number of rotatable bonds is 4. The first kappa shape index (κ1) is 13.8. The summed E-state index contributed by atoms with van der Waals surface area (Å²) < 4.78 is 0. The quantitative estimate of drug-likeness (QED) is 0.845. The third-order valence-electron chi connectivity index (χ3n) is 3.42. The zero-order chi connectivity index (χ0) is 13.9. The Labute approximate surface area is 115 Å². The summed E-state index contributed by atoms with van der Waals surface area (Å²) >= 11 is 0. The maximum atomic E-state index is 10.5. The molecule has 100 valence electrons. The Balaban J connectivity index is 2.24. The Morgan fingerprint density at radius 2 is 1.42 bits per heavy atom. The lowest BCUT2D eigenvalue weighted by atomic mass is 9.87. The van der Waals surface area contributed by atoms with Crippen molar-refractivity contribution in [2.45, 2.75) is 32.8 Å². The van der Waals surface area contributed by atoms with Gasteiger partial charge in [-0.15, -0.1) is 0 Å². The van der Waals surface area contributed by atoms with Gasteiger partial charge in [-0.1, -0.05) is 68.4 Å². The van der Waals surface area contributed by atoms with Crippen molar-refractivity contribution < 1.29 is 5.11 Å². The summed E-state index contributed by atoms with van der Waals surface area (Å²) in [5, 5.41) is 10.5. The molecule has 0 saturated heterocycles. The van der Waals surface area contributed by atoms with Crippen LogP contribution in [0.5, 0.6) is 0 Å². The first-order valence-corrected chi connectivity index (χ1v) is 6.87. The van der Waals surface area contributed by atoms with Gasteiger partial charge in [0.15, 0.2) is 0 Å². The minimum Gasteiger partial charge on any atom is -0.385 e. The van der Waals surface area contributed by atoms with Crippen LogP contribution in [0.4, 0.5) is 0 Å². The molecule has 0 spiro atoms. The van der Waals surface area contributed by atoms with E-state index >= 15 is 0 Å². The molecule has 1 heteroatoms. The van der Waals surface area contributed by atoms with Crippen molar-refractivity contribution in [3.05, 3.63) is 60.2 Å². The summed E-state index contributed by atoms with van der Waals surface area (Å²) in [6.45, 7) is 6.16. The van der Waals surface area contributed by atoms with Gasteiger partial charge in [0.05, 0.1) is 5.60 Å². The Bertz CT molecular complexity index is 509. The van der Waals surface area contributed by atoms with Gasteiger partial charge < -0.3 is 5.11 Å². The molecule has 2 aromatic carbocycles.